The molecule has 0 aromatic rings. The average Bonchev–Trinajstić information content (AvgIpc) is 3.00. The van der Waals surface area contributed by atoms with Gasteiger partial charge < -0.3 is 25.2 Å². The molecule has 0 aromatic carbocycles. The molecule has 0 heterocycles. The number of aliphatic hydroxyl groups is 1. The zero-order valence-corrected chi connectivity index (χ0v) is 28.0. The van der Waals surface area contributed by atoms with E-state index in [9.17, 15) is 34.1 Å². The van der Waals surface area contributed by atoms with Crippen LogP contribution in [0.4, 0.5) is 0 Å². The molecule has 258 valence electrons. The Morgan fingerprint density at radius 1 is 0.711 bits per heavy atom. The first-order chi connectivity index (χ1) is 21.6. The minimum Gasteiger partial charge on any atom is -0.480 e. The summed E-state index contributed by atoms with van der Waals surface area (Å²) in [6.45, 7) is 2.28. The van der Waals surface area contributed by atoms with Gasteiger partial charge in [0.1, 0.15) is 12.7 Å². The number of aliphatic carboxylic acids is 1. The topological polar surface area (TPSA) is 169 Å². The van der Waals surface area contributed by atoms with Crippen LogP contribution in [0, 0.1) is 0 Å². The van der Waals surface area contributed by atoms with Crippen molar-refractivity contribution >= 4 is 25.7 Å². The molecule has 0 fully saturated rings. The number of unbranched alkanes of at least 4 members (excludes halogenated alkanes) is 7. The third-order valence-electron chi connectivity index (χ3n) is 6.37. The minimum absolute atomic E-state index is 0.131. The Kier molecular flexibility index (Phi) is 27.2. The number of carboxylic acid groups (broad SMARTS) is 1. The van der Waals surface area contributed by atoms with Crippen LogP contribution in [0.2, 0.25) is 0 Å². The van der Waals surface area contributed by atoms with E-state index in [0.717, 1.165) is 44.9 Å². The Balaban J connectivity index is 4.03. The van der Waals surface area contributed by atoms with Gasteiger partial charge in [-0.2, -0.15) is 0 Å². The number of hydrogen-bond acceptors (Lipinski definition) is 8. The van der Waals surface area contributed by atoms with Gasteiger partial charge in [0.15, 0.2) is 6.04 Å². The van der Waals surface area contributed by atoms with E-state index in [1.54, 1.807) is 0 Å². The third kappa shape index (κ3) is 28.6. The molecule has 0 bridgehead atoms. The molecule has 0 radical (unpaired) electrons. The van der Waals surface area contributed by atoms with Crippen molar-refractivity contribution in [1.29, 1.82) is 0 Å². The first-order valence-corrected chi connectivity index (χ1v) is 17.7. The Morgan fingerprint density at radius 2 is 1.24 bits per heavy atom. The van der Waals surface area contributed by atoms with E-state index in [-0.39, 0.29) is 12.8 Å². The molecule has 4 N–H and O–H groups in total. The number of amides is 1. The van der Waals surface area contributed by atoms with Gasteiger partial charge in [0, 0.05) is 12.8 Å². The van der Waals surface area contributed by atoms with Crippen LogP contribution in [0.5, 0.6) is 0 Å². The highest BCUT2D eigenvalue weighted by Crippen LogP contribution is 2.43. The zero-order valence-electron chi connectivity index (χ0n) is 27.1. The molecule has 0 saturated heterocycles. The molecular weight excluding hydrogens is 601 g/mol. The highest BCUT2D eigenvalue weighted by Gasteiger charge is 2.28. The standard InChI is InChI=1S/C33H56NO10P/c1-3-5-7-9-10-11-12-13-14-15-16-17-18-19-20-21-23-25-32(37)42-26-29(35)27-43-45(40,41)44-28-30(33(38)39)34-31(36)24-22-8-6-4-2/h10-11,13-14,16-17,19-20,29-30,35H,3-9,12,15,18,21-28H2,1-2H3,(H,34,36)(H,38,39)(H,40,41)/b11-10-,14-13-,17-16-,20-19-. The fourth-order valence-corrected chi connectivity index (χ4v) is 4.55. The van der Waals surface area contributed by atoms with Crippen LogP contribution in [0.15, 0.2) is 48.6 Å². The van der Waals surface area contributed by atoms with E-state index in [1.165, 1.54) is 19.3 Å². The summed E-state index contributed by atoms with van der Waals surface area (Å²) < 4.78 is 26.4. The smallest absolute Gasteiger partial charge is 0.472 e. The van der Waals surface area contributed by atoms with Gasteiger partial charge >= 0.3 is 19.8 Å². The minimum atomic E-state index is -4.74. The summed E-state index contributed by atoms with van der Waals surface area (Å²) in [4.78, 5) is 45.0. The second-order valence-electron chi connectivity index (χ2n) is 10.6. The molecule has 45 heavy (non-hydrogen) atoms. The van der Waals surface area contributed by atoms with Crippen LogP contribution in [-0.4, -0.2) is 64.9 Å². The first-order valence-electron chi connectivity index (χ1n) is 16.2. The molecule has 11 nitrogen and oxygen atoms in total. The van der Waals surface area contributed by atoms with Crippen molar-refractivity contribution in [3.63, 3.8) is 0 Å². The highest BCUT2D eigenvalue weighted by molar-refractivity contribution is 7.47. The van der Waals surface area contributed by atoms with E-state index in [1.807, 2.05) is 19.1 Å². The number of allylic oxidation sites excluding steroid dienone is 8. The molecule has 0 aromatic heterocycles. The summed E-state index contributed by atoms with van der Waals surface area (Å²) in [7, 11) is -4.74. The maximum atomic E-state index is 12.1. The van der Waals surface area contributed by atoms with Gasteiger partial charge in [0.2, 0.25) is 5.91 Å². The van der Waals surface area contributed by atoms with E-state index in [2.05, 4.69) is 57.7 Å². The summed E-state index contributed by atoms with van der Waals surface area (Å²) >= 11 is 0. The van der Waals surface area contributed by atoms with Crippen LogP contribution >= 0.6 is 7.82 Å². The van der Waals surface area contributed by atoms with E-state index >= 15 is 0 Å². The molecule has 0 aliphatic rings. The van der Waals surface area contributed by atoms with Crippen LogP contribution in [0.1, 0.15) is 110 Å². The summed E-state index contributed by atoms with van der Waals surface area (Å²) in [5.41, 5.74) is 0. The van der Waals surface area contributed by atoms with Gasteiger partial charge in [-0.15, -0.1) is 0 Å². The maximum Gasteiger partial charge on any atom is 0.472 e. The fourth-order valence-electron chi connectivity index (χ4n) is 3.77. The van der Waals surface area contributed by atoms with Gasteiger partial charge in [-0.3, -0.25) is 18.6 Å². The number of phosphoric acid groups is 1. The van der Waals surface area contributed by atoms with Gasteiger partial charge in [0.05, 0.1) is 13.2 Å². The lowest BCUT2D eigenvalue weighted by Gasteiger charge is -2.18. The SMILES string of the molecule is CCCCC/C=C\C/C=C\C/C=C\C/C=C\CCCC(=O)OCC(O)COP(=O)(O)OCC(NC(=O)CCCCCC)C(=O)O. The summed E-state index contributed by atoms with van der Waals surface area (Å²) in [5.74, 6) is -2.47. The normalized spacial score (nSPS) is 14.8. The average molecular weight is 658 g/mol. The number of ether oxygens (including phenoxy) is 1. The molecule has 3 unspecified atom stereocenters. The van der Waals surface area contributed by atoms with Crippen molar-refractivity contribution < 1.29 is 47.8 Å². The lowest BCUT2D eigenvalue weighted by molar-refractivity contribution is -0.147. The molecule has 1 amide bonds. The fraction of sp³-hybridized carbons (Fsp3) is 0.667. The molecule has 12 heteroatoms. The van der Waals surface area contributed by atoms with Crippen LogP contribution in [-0.2, 0) is 32.7 Å². The summed E-state index contributed by atoms with van der Waals surface area (Å²) in [5, 5.41) is 21.4. The molecule has 3 atom stereocenters. The van der Waals surface area contributed by atoms with E-state index in [0.29, 0.717) is 19.3 Å². The van der Waals surface area contributed by atoms with Crippen molar-refractivity contribution in [1.82, 2.24) is 5.32 Å². The van der Waals surface area contributed by atoms with Gasteiger partial charge in [-0.25, -0.2) is 9.36 Å². The van der Waals surface area contributed by atoms with Gasteiger partial charge in [-0.1, -0.05) is 94.6 Å². The van der Waals surface area contributed by atoms with Crippen LogP contribution in [0.25, 0.3) is 0 Å². The predicted molar refractivity (Wildman–Crippen MR) is 175 cm³/mol. The van der Waals surface area contributed by atoms with Crippen molar-refractivity contribution in [3.8, 4) is 0 Å². The van der Waals surface area contributed by atoms with Crippen LogP contribution in [0.3, 0.4) is 0 Å². The Morgan fingerprint density at radius 3 is 1.82 bits per heavy atom. The quantitative estimate of drug-likeness (QED) is 0.0294. The Hall–Kier alpha value is -2.56. The summed E-state index contributed by atoms with van der Waals surface area (Å²) in [6.07, 6.45) is 28.2. The third-order valence-corrected chi connectivity index (χ3v) is 7.32. The van der Waals surface area contributed by atoms with Crippen molar-refractivity contribution in [2.24, 2.45) is 0 Å². The Labute approximate surface area is 269 Å². The molecule has 0 saturated carbocycles. The number of esters is 1. The number of hydrogen-bond donors (Lipinski definition) is 4. The zero-order chi connectivity index (χ0) is 33.6. The number of nitrogens with one attached hydrogen (secondary N) is 1. The molecule has 0 aliphatic carbocycles. The number of aliphatic hydroxyl groups excluding tert-OH is 1. The largest absolute Gasteiger partial charge is 0.480 e. The van der Waals surface area contributed by atoms with E-state index < -0.39 is 57.6 Å². The lowest BCUT2D eigenvalue weighted by Crippen LogP contribution is -2.43. The number of carboxylic acids is 1. The second kappa shape index (κ2) is 28.9. The van der Waals surface area contributed by atoms with Crippen LogP contribution < -0.4 is 5.32 Å². The maximum absolute atomic E-state index is 12.1. The van der Waals surface area contributed by atoms with Crippen molar-refractivity contribution in [2.75, 3.05) is 19.8 Å². The first kappa shape index (κ1) is 42.4. The number of phosphoric ester groups is 1. The molecule has 0 aliphatic heterocycles. The number of carbonyl (C=O) groups excluding carboxylic acids is 2. The lowest BCUT2D eigenvalue weighted by atomic mass is 10.1. The van der Waals surface area contributed by atoms with Crippen molar-refractivity contribution in [2.45, 2.75) is 122 Å². The Bertz CT molecular complexity index is 963. The van der Waals surface area contributed by atoms with Crippen molar-refractivity contribution in [3.05, 3.63) is 48.6 Å². The van der Waals surface area contributed by atoms with E-state index in [4.69, 9.17) is 4.74 Å². The highest BCUT2D eigenvalue weighted by atomic mass is 31.2. The number of carbonyl (C=O) groups is 3. The molecular formula is C33H56NO10P. The van der Waals surface area contributed by atoms with Gasteiger partial charge in [0.25, 0.3) is 0 Å². The second-order valence-corrected chi connectivity index (χ2v) is 12.1. The molecule has 0 spiro atoms. The summed E-state index contributed by atoms with van der Waals surface area (Å²) in [6, 6.07) is -1.55. The predicted octanol–water partition coefficient (Wildman–Crippen LogP) is 6.71. The molecule has 0 rings (SSSR count). The monoisotopic (exact) mass is 657 g/mol. The van der Waals surface area contributed by atoms with Gasteiger partial charge in [-0.05, 0) is 51.4 Å². The number of rotatable bonds is 29.